The van der Waals surface area contributed by atoms with E-state index in [2.05, 4.69) is 15.7 Å². The normalized spacial score (nSPS) is 10.1. The topological polar surface area (TPSA) is 52.0 Å². The van der Waals surface area contributed by atoms with Crippen LogP contribution in [-0.4, -0.2) is 24.2 Å². The summed E-state index contributed by atoms with van der Waals surface area (Å²) in [5.74, 6) is 0. The van der Waals surface area contributed by atoms with Crippen LogP contribution in [0.2, 0.25) is 0 Å². The van der Waals surface area contributed by atoms with Gasteiger partial charge in [0.25, 0.3) is 0 Å². The lowest BCUT2D eigenvalue weighted by Crippen LogP contribution is -1.76. The van der Waals surface area contributed by atoms with Crippen LogP contribution < -0.4 is 0 Å². The molecule has 0 amide bonds. The fourth-order valence-corrected chi connectivity index (χ4v) is 0.326. The summed E-state index contributed by atoms with van der Waals surface area (Å²) in [7, 11) is 3.25. The lowest BCUT2D eigenvalue weighted by Gasteiger charge is -1.76. The second kappa shape index (κ2) is 4.35. The summed E-state index contributed by atoms with van der Waals surface area (Å²) in [5, 5.41) is 0. The molecule has 64 valence electrons. The Morgan fingerprint density at radius 2 is 2.00 bits per heavy atom. The molecule has 0 saturated heterocycles. The number of imidazole rings is 1. The predicted molar refractivity (Wildman–Crippen MR) is 43.9 cm³/mol. The molecule has 0 aliphatic rings. The Balaban J connectivity index is 0.000000187. The molecule has 0 saturated carbocycles. The number of hydrogen-bond acceptors (Lipinski definition) is 3. The number of halogens is 1. The lowest BCUT2D eigenvalue weighted by molar-refractivity contribution is 0.615. The van der Waals surface area contributed by atoms with E-state index < -0.39 is 9.05 Å². The smallest absolute Gasteiger partial charge is 0.229 e. The lowest BCUT2D eigenvalue weighted by atomic mass is 10.9. The fourth-order valence-electron chi connectivity index (χ4n) is 0.326. The first kappa shape index (κ1) is 10.4. The van der Waals surface area contributed by atoms with Gasteiger partial charge in [-0.1, -0.05) is 0 Å². The van der Waals surface area contributed by atoms with Crippen LogP contribution in [0, 0.1) is 0 Å². The summed E-state index contributed by atoms with van der Waals surface area (Å²) in [6.07, 6.45) is 6.31. The summed E-state index contributed by atoms with van der Waals surface area (Å²) < 4.78 is 20.7. The highest BCUT2D eigenvalue weighted by atomic mass is 35.7. The highest BCUT2D eigenvalue weighted by molar-refractivity contribution is 8.13. The molecule has 0 bridgehead atoms. The second-order valence-electron chi connectivity index (χ2n) is 1.91. The van der Waals surface area contributed by atoms with Crippen molar-refractivity contribution >= 4 is 19.7 Å². The molecule has 0 N–H and O–H groups in total. The van der Waals surface area contributed by atoms with Gasteiger partial charge in [0.15, 0.2) is 0 Å². The van der Waals surface area contributed by atoms with Gasteiger partial charge in [0.05, 0.1) is 12.6 Å². The molecule has 0 radical (unpaired) electrons. The van der Waals surface area contributed by atoms with E-state index in [-0.39, 0.29) is 0 Å². The molecule has 1 rings (SSSR count). The standard InChI is InChI=1S/C4H6N2.CH3ClO2S/c1-6-3-2-5-4-6;1-5(2,3)4/h2-4H,1H3;1H3. The zero-order valence-corrected chi connectivity index (χ0v) is 7.80. The van der Waals surface area contributed by atoms with E-state index in [0.717, 1.165) is 6.26 Å². The Morgan fingerprint density at radius 1 is 1.55 bits per heavy atom. The quantitative estimate of drug-likeness (QED) is 0.572. The van der Waals surface area contributed by atoms with Gasteiger partial charge >= 0.3 is 0 Å². The van der Waals surface area contributed by atoms with Crippen molar-refractivity contribution in [2.75, 3.05) is 6.26 Å². The van der Waals surface area contributed by atoms with E-state index in [1.807, 2.05) is 17.8 Å². The van der Waals surface area contributed by atoms with Crippen molar-refractivity contribution in [1.82, 2.24) is 9.55 Å². The van der Waals surface area contributed by atoms with Crippen LogP contribution in [-0.2, 0) is 16.1 Å². The summed E-state index contributed by atoms with van der Waals surface area (Å²) in [4.78, 5) is 3.78. The van der Waals surface area contributed by atoms with Gasteiger partial charge in [0.2, 0.25) is 9.05 Å². The van der Waals surface area contributed by atoms with E-state index >= 15 is 0 Å². The van der Waals surface area contributed by atoms with E-state index in [0.29, 0.717) is 0 Å². The number of aromatic nitrogens is 2. The molecule has 1 heterocycles. The maximum atomic E-state index is 9.40. The SMILES string of the molecule is CS(=O)(=O)Cl.Cn1ccnc1. The van der Waals surface area contributed by atoms with Gasteiger partial charge in [-0.25, -0.2) is 13.4 Å². The van der Waals surface area contributed by atoms with Crippen molar-refractivity contribution < 1.29 is 8.42 Å². The predicted octanol–water partition coefficient (Wildman–Crippen LogP) is 0.605. The Hall–Kier alpha value is -0.550. The Kier molecular flexibility index (Phi) is 4.14. The van der Waals surface area contributed by atoms with E-state index in [1.165, 1.54) is 0 Å². The largest absolute Gasteiger partial charge is 0.341 e. The maximum Gasteiger partial charge on any atom is 0.229 e. The van der Waals surface area contributed by atoms with Crippen molar-refractivity contribution in [3.8, 4) is 0 Å². The zero-order chi connectivity index (χ0) is 8.91. The fraction of sp³-hybridized carbons (Fsp3) is 0.400. The molecular weight excluding hydrogens is 188 g/mol. The number of nitrogens with zero attached hydrogens (tertiary/aromatic N) is 2. The highest BCUT2D eigenvalue weighted by Gasteiger charge is 1.83. The minimum absolute atomic E-state index is 0.925. The average Bonchev–Trinajstić information content (AvgIpc) is 2.12. The van der Waals surface area contributed by atoms with Crippen LogP contribution in [0.5, 0.6) is 0 Å². The Bertz CT molecular complexity index is 271. The van der Waals surface area contributed by atoms with Crippen LogP contribution in [0.25, 0.3) is 0 Å². The molecule has 1 aromatic rings. The van der Waals surface area contributed by atoms with Crippen LogP contribution in [0.4, 0.5) is 0 Å². The van der Waals surface area contributed by atoms with Crippen LogP contribution >= 0.6 is 10.7 Å². The summed E-state index contributed by atoms with van der Waals surface area (Å²) in [6.45, 7) is 0. The molecule has 0 unspecified atom stereocenters. The Morgan fingerprint density at radius 3 is 2.09 bits per heavy atom. The highest BCUT2D eigenvalue weighted by Crippen LogP contribution is 1.83. The summed E-state index contributed by atoms with van der Waals surface area (Å²) in [5.41, 5.74) is 0. The van der Waals surface area contributed by atoms with Crippen molar-refractivity contribution in [3.63, 3.8) is 0 Å². The van der Waals surface area contributed by atoms with Gasteiger partial charge < -0.3 is 4.57 Å². The molecule has 0 aromatic carbocycles. The number of hydrogen-bond donors (Lipinski definition) is 0. The Labute approximate surface area is 70.2 Å². The molecule has 11 heavy (non-hydrogen) atoms. The van der Waals surface area contributed by atoms with Crippen molar-refractivity contribution in [3.05, 3.63) is 18.7 Å². The number of aryl methyl sites for hydroxylation is 1. The third-order valence-corrected chi connectivity index (χ3v) is 0.637. The molecule has 0 spiro atoms. The van der Waals surface area contributed by atoms with Gasteiger partial charge in [0.1, 0.15) is 0 Å². The second-order valence-corrected chi connectivity index (χ2v) is 4.95. The molecule has 0 atom stereocenters. The van der Waals surface area contributed by atoms with Crippen LogP contribution in [0.3, 0.4) is 0 Å². The zero-order valence-electron chi connectivity index (χ0n) is 6.23. The van der Waals surface area contributed by atoms with E-state index in [9.17, 15) is 8.42 Å². The van der Waals surface area contributed by atoms with Gasteiger partial charge in [-0.3, -0.25) is 0 Å². The molecule has 0 aliphatic carbocycles. The molecule has 1 aromatic heterocycles. The van der Waals surface area contributed by atoms with Gasteiger partial charge in [-0.05, 0) is 0 Å². The van der Waals surface area contributed by atoms with Gasteiger partial charge in [-0.2, -0.15) is 0 Å². The average molecular weight is 197 g/mol. The van der Waals surface area contributed by atoms with Crippen molar-refractivity contribution in [1.29, 1.82) is 0 Å². The molecule has 4 nitrogen and oxygen atoms in total. The van der Waals surface area contributed by atoms with Crippen molar-refractivity contribution in [2.24, 2.45) is 7.05 Å². The first-order chi connectivity index (χ1) is 4.89. The van der Waals surface area contributed by atoms with E-state index in [4.69, 9.17) is 0 Å². The molecular formula is C5H9ClN2O2S. The monoisotopic (exact) mass is 196 g/mol. The van der Waals surface area contributed by atoms with Crippen LogP contribution in [0.1, 0.15) is 0 Å². The third-order valence-electron chi connectivity index (χ3n) is 0.637. The van der Waals surface area contributed by atoms with Gasteiger partial charge in [-0.15, -0.1) is 0 Å². The minimum atomic E-state index is -3.19. The van der Waals surface area contributed by atoms with E-state index in [1.54, 1.807) is 12.5 Å². The number of rotatable bonds is 0. The van der Waals surface area contributed by atoms with Gasteiger partial charge in [0, 0.05) is 30.1 Å². The molecule has 6 heteroatoms. The first-order valence-corrected chi connectivity index (χ1v) is 5.43. The maximum absolute atomic E-state index is 9.40. The van der Waals surface area contributed by atoms with Crippen LogP contribution in [0.15, 0.2) is 18.7 Å². The van der Waals surface area contributed by atoms with Crippen molar-refractivity contribution in [2.45, 2.75) is 0 Å². The third kappa shape index (κ3) is 12.6. The first-order valence-electron chi connectivity index (χ1n) is 2.71. The minimum Gasteiger partial charge on any atom is -0.341 e. The summed E-state index contributed by atoms with van der Waals surface area (Å²) in [6, 6.07) is 0. The molecule has 0 fully saturated rings. The molecule has 0 aliphatic heterocycles. The summed E-state index contributed by atoms with van der Waals surface area (Å²) >= 11 is 0.